The van der Waals surface area contributed by atoms with Gasteiger partial charge in [0.05, 0.1) is 25.4 Å². The quantitative estimate of drug-likeness (QED) is 0.292. The van der Waals surface area contributed by atoms with E-state index in [-0.39, 0.29) is 26.3 Å². The van der Waals surface area contributed by atoms with Crippen LogP contribution in [-0.4, -0.2) is 112 Å². The second-order valence-corrected chi connectivity index (χ2v) is 5.89. The van der Waals surface area contributed by atoms with Crippen LogP contribution in [0.1, 0.15) is 0 Å². The van der Waals surface area contributed by atoms with Crippen molar-refractivity contribution in [1.82, 2.24) is 5.06 Å². The Morgan fingerprint density at radius 3 is 2.30 bits per heavy atom. The molecule has 2 fully saturated rings. The molecule has 0 radical (unpaired) electrons. The summed E-state index contributed by atoms with van der Waals surface area (Å²) >= 11 is 0. The number of aliphatic hydroxyl groups is 6. The Hall–Kier alpha value is -0.400. The van der Waals surface area contributed by atoms with E-state index >= 15 is 0 Å². The second-order valence-electron chi connectivity index (χ2n) is 5.89. The summed E-state index contributed by atoms with van der Waals surface area (Å²) < 4.78 is 10.2. The van der Waals surface area contributed by atoms with Crippen molar-refractivity contribution in [3.8, 4) is 0 Å². The molecule has 10 nitrogen and oxygen atoms in total. The Bertz CT molecular complexity index is 371. The SMILES string of the molecule is CO[C@@H]1O[C@H](CON2C[C@H](CO)[C@@H](O)[C@H](O)C2)[C@@H](O)[C@H](O)[C@H]1O. The Labute approximate surface area is 133 Å². The fraction of sp³-hybridized carbons (Fsp3) is 1.00. The number of hydrogen-bond acceptors (Lipinski definition) is 10. The first kappa shape index (κ1) is 18.9. The highest BCUT2D eigenvalue weighted by Gasteiger charge is 2.44. The summed E-state index contributed by atoms with van der Waals surface area (Å²) in [6, 6.07) is 0. The number of nitrogens with zero attached hydrogens (tertiary/aromatic N) is 1. The highest BCUT2D eigenvalue weighted by Crippen LogP contribution is 2.23. The predicted molar refractivity (Wildman–Crippen MR) is 73.8 cm³/mol. The fourth-order valence-corrected chi connectivity index (χ4v) is 2.77. The highest BCUT2D eigenvalue weighted by molar-refractivity contribution is 4.89. The lowest BCUT2D eigenvalue weighted by atomic mass is 9.94. The van der Waals surface area contributed by atoms with Gasteiger partial charge >= 0.3 is 0 Å². The van der Waals surface area contributed by atoms with Gasteiger partial charge in [-0.25, -0.2) is 0 Å². The summed E-state index contributed by atoms with van der Waals surface area (Å²) in [6.07, 6.45) is -8.34. The minimum absolute atomic E-state index is 0.0271. The molecule has 0 aromatic heterocycles. The zero-order valence-corrected chi connectivity index (χ0v) is 12.8. The van der Waals surface area contributed by atoms with Crippen LogP contribution in [-0.2, 0) is 14.3 Å². The fourth-order valence-electron chi connectivity index (χ4n) is 2.77. The molecule has 0 aromatic carbocycles. The standard InChI is InChI=1S/C13H25NO9/c1-21-13-12(20)11(19)10(18)8(23-13)5-22-14-2-6(4-15)9(17)7(16)3-14/h6-13,15-20H,2-5H2,1H3/t6-,7-,8-,9-,10-,11+,12-,13-/m1/s1. The van der Waals surface area contributed by atoms with Crippen molar-refractivity contribution in [3.05, 3.63) is 0 Å². The van der Waals surface area contributed by atoms with Gasteiger partial charge in [-0.2, -0.15) is 5.06 Å². The molecule has 0 bridgehead atoms. The van der Waals surface area contributed by atoms with Crippen LogP contribution in [0, 0.1) is 5.92 Å². The molecule has 136 valence electrons. The maximum absolute atomic E-state index is 9.92. The molecule has 2 saturated heterocycles. The Balaban J connectivity index is 1.89. The molecule has 2 heterocycles. The molecule has 0 spiro atoms. The van der Waals surface area contributed by atoms with Gasteiger partial charge in [0.1, 0.15) is 24.4 Å². The molecule has 2 aliphatic rings. The van der Waals surface area contributed by atoms with Gasteiger partial charge in [0.15, 0.2) is 6.29 Å². The summed E-state index contributed by atoms with van der Waals surface area (Å²) in [6.45, 7) is -0.251. The normalized spacial score (nSPS) is 46.0. The average molecular weight is 339 g/mol. The van der Waals surface area contributed by atoms with Gasteiger partial charge < -0.3 is 40.1 Å². The second kappa shape index (κ2) is 8.12. The molecular weight excluding hydrogens is 314 g/mol. The largest absolute Gasteiger partial charge is 0.396 e. The first-order valence-electron chi connectivity index (χ1n) is 7.46. The van der Waals surface area contributed by atoms with Crippen LogP contribution < -0.4 is 0 Å². The minimum atomic E-state index is -1.44. The summed E-state index contributed by atoms with van der Waals surface area (Å²) in [5.41, 5.74) is 0. The van der Waals surface area contributed by atoms with Gasteiger partial charge in [0.2, 0.25) is 0 Å². The topological polar surface area (TPSA) is 152 Å². The smallest absolute Gasteiger partial charge is 0.186 e. The zero-order valence-electron chi connectivity index (χ0n) is 12.8. The predicted octanol–water partition coefficient (Wildman–Crippen LogP) is -3.98. The first-order valence-corrected chi connectivity index (χ1v) is 7.46. The van der Waals surface area contributed by atoms with E-state index < -0.39 is 48.8 Å². The lowest BCUT2D eigenvalue weighted by Crippen LogP contribution is -2.60. The summed E-state index contributed by atoms with van der Waals surface area (Å²) in [5, 5.41) is 59.4. The van der Waals surface area contributed by atoms with Gasteiger partial charge in [0.25, 0.3) is 0 Å². The maximum atomic E-state index is 9.92. The molecule has 0 unspecified atom stereocenters. The van der Waals surface area contributed by atoms with Gasteiger partial charge in [0, 0.05) is 26.2 Å². The lowest BCUT2D eigenvalue weighted by Gasteiger charge is -2.41. The van der Waals surface area contributed by atoms with Crippen LogP contribution in [0.3, 0.4) is 0 Å². The average Bonchev–Trinajstić information content (AvgIpc) is 2.55. The van der Waals surface area contributed by atoms with Crippen molar-refractivity contribution in [2.75, 3.05) is 33.4 Å². The van der Waals surface area contributed by atoms with E-state index in [0.717, 1.165) is 0 Å². The number of hydroxylamine groups is 2. The van der Waals surface area contributed by atoms with E-state index in [2.05, 4.69) is 0 Å². The molecule has 6 N–H and O–H groups in total. The van der Waals surface area contributed by atoms with Crippen molar-refractivity contribution in [2.45, 2.75) is 42.9 Å². The summed E-state index contributed by atoms with van der Waals surface area (Å²) in [7, 11) is 1.30. The molecule has 2 rings (SSSR count). The van der Waals surface area contributed by atoms with Crippen molar-refractivity contribution in [3.63, 3.8) is 0 Å². The summed E-state index contributed by atoms with van der Waals surface area (Å²) in [4.78, 5) is 5.44. The van der Waals surface area contributed by atoms with Crippen molar-refractivity contribution >= 4 is 0 Å². The van der Waals surface area contributed by atoms with Gasteiger partial charge in [-0.1, -0.05) is 0 Å². The number of rotatable bonds is 5. The Morgan fingerprint density at radius 1 is 1.00 bits per heavy atom. The Kier molecular flexibility index (Phi) is 6.68. The number of piperidine rings is 1. The first-order chi connectivity index (χ1) is 10.9. The van der Waals surface area contributed by atoms with E-state index in [9.17, 15) is 30.6 Å². The molecule has 23 heavy (non-hydrogen) atoms. The van der Waals surface area contributed by atoms with E-state index in [1.54, 1.807) is 0 Å². The van der Waals surface area contributed by atoms with E-state index in [1.807, 2.05) is 0 Å². The molecule has 8 atom stereocenters. The Morgan fingerprint density at radius 2 is 1.70 bits per heavy atom. The van der Waals surface area contributed by atoms with Gasteiger partial charge in [-0.3, -0.25) is 4.84 Å². The molecule has 0 amide bonds. The van der Waals surface area contributed by atoms with Crippen molar-refractivity contribution in [2.24, 2.45) is 5.92 Å². The molecule has 2 aliphatic heterocycles. The van der Waals surface area contributed by atoms with Crippen molar-refractivity contribution < 1.29 is 45.0 Å². The number of β-amino-alcohol motifs (C(OH)–C–C–N with tert-alkyl or cyclic N) is 1. The third-order valence-corrected chi connectivity index (χ3v) is 4.26. The maximum Gasteiger partial charge on any atom is 0.186 e. The van der Waals surface area contributed by atoms with E-state index in [0.29, 0.717) is 0 Å². The molecule has 0 aliphatic carbocycles. The third kappa shape index (κ3) is 4.17. The van der Waals surface area contributed by atoms with Crippen LogP contribution in [0.4, 0.5) is 0 Å². The lowest BCUT2D eigenvalue weighted by molar-refractivity contribution is -0.314. The van der Waals surface area contributed by atoms with E-state index in [1.165, 1.54) is 12.2 Å². The van der Waals surface area contributed by atoms with Crippen LogP contribution in [0.2, 0.25) is 0 Å². The summed E-state index contributed by atoms with van der Waals surface area (Å²) in [5.74, 6) is -0.560. The molecule has 0 saturated carbocycles. The van der Waals surface area contributed by atoms with Crippen LogP contribution in [0.5, 0.6) is 0 Å². The van der Waals surface area contributed by atoms with Crippen LogP contribution in [0.15, 0.2) is 0 Å². The van der Waals surface area contributed by atoms with Gasteiger partial charge in [-0.05, 0) is 0 Å². The molecule has 10 heteroatoms. The third-order valence-electron chi connectivity index (χ3n) is 4.26. The highest BCUT2D eigenvalue weighted by atomic mass is 16.7. The number of methoxy groups -OCH3 is 1. The zero-order chi connectivity index (χ0) is 17.1. The van der Waals surface area contributed by atoms with Crippen LogP contribution >= 0.6 is 0 Å². The molecular formula is C13H25NO9. The van der Waals surface area contributed by atoms with Crippen LogP contribution in [0.25, 0.3) is 0 Å². The number of ether oxygens (including phenoxy) is 2. The number of hydrogen-bond donors (Lipinski definition) is 6. The van der Waals surface area contributed by atoms with Crippen molar-refractivity contribution in [1.29, 1.82) is 0 Å². The minimum Gasteiger partial charge on any atom is -0.396 e. The number of aliphatic hydroxyl groups excluding tert-OH is 6. The monoisotopic (exact) mass is 339 g/mol. The van der Waals surface area contributed by atoms with E-state index in [4.69, 9.17) is 14.3 Å². The van der Waals surface area contributed by atoms with Gasteiger partial charge in [-0.15, -0.1) is 0 Å². The molecule has 0 aromatic rings.